The molecule has 2 heterocycles. The first-order chi connectivity index (χ1) is 9.74. The van der Waals surface area contributed by atoms with Crippen LogP contribution in [-0.4, -0.2) is 11.2 Å². The lowest BCUT2D eigenvalue weighted by molar-refractivity contribution is 0.297. The van der Waals surface area contributed by atoms with Gasteiger partial charge in [0.05, 0.1) is 11.9 Å². The second-order valence-electron chi connectivity index (χ2n) is 4.43. The van der Waals surface area contributed by atoms with Crippen molar-refractivity contribution in [1.82, 2.24) is 4.57 Å². The quantitative estimate of drug-likeness (QED) is 0.750. The molecule has 5 heteroatoms. The highest BCUT2D eigenvalue weighted by Crippen LogP contribution is 2.16. The van der Waals surface area contributed by atoms with Gasteiger partial charge in [0.15, 0.2) is 0 Å². The Hall–Kier alpha value is -2.27. The Morgan fingerprint density at radius 3 is 3.00 bits per heavy atom. The lowest BCUT2D eigenvalue weighted by atomic mass is 10.3. The van der Waals surface area contributed by atoms with Gasteiger partial charge in [0, 0.05) is 22.7 Å². The molecule has 3 rings (SSSR count). The van der Waals surface area contributed by atoms with Crippen LogP contribution in [0.3, 0.4) is 0 Å². The van der Waals surface area contributed by atoms with Crippen molar-refractivity contribution < 1.29 is 4.74 Å². The zero-order valence-corrected chi connectivity index (χ0v) is 11.6. The number of benzene rings is 1. The van der Waals surface area contributed by atoms with Crippen molar-refractivity contribution in [3.8, 4) is 5.75 Å². The highest BCUT2D eigenvalue weighted by atomic mass is 32.1. The van der Waals surface area contributed by atoms with Gasteiger partial charge < -0.3 is 15.0 Å². The van der Waals surface area contributed by atoms with Crippen LogP contribution in [0.1, 0.15) is 0 Å². The molecule has 20 heavy (non-hydrogen) atoms. The molecular formula is C15H14N2O2S. The number of nitrogens with zero attached hydrogens (tertiary/aromatic N) is 1. The highest BCUT2D eigenvalue weighted by molar-refractivity contribution is 7.17. The third kappa shape index (κ3) is 2.53. The van der Waals surface area contributed by atoms with Crippen molar-refractivity contribution in [3.63, 3.8) is 0 Å². The molecule has 0 aliphatic rings. The number of nitrogen functional groups attached to an aromatic ring is 1. The Morgan fingerprint density at radius 2 is 2.15 bits per heavy atom. The summed E-state index contributed by atoms with van der Waals surface area (Å²) in [5.41, 5.74) is 6.38. The fraction of sp³-hybridized carbons (Fsp3) is 0.133. The van der Waals surface area contributed by atoms with Gasteiger partial charge in [0.1, 0.15) is 12.4 Å². The molecular weight excluding hydrogens is 272 g/mol. The van der Waals surface area contributed by atoms with Gasteiger partial charge in [0.2, 0.25) is 0 Å². The molecule has 0 spiro atoms. The first-order valence-corrected chi connectivity index (χ1v) is 7.17. The minimum Gasteiger partial charge on any atom is -0.492 e. The Labute approximate surface area is 120 Å². The highest BCUT2D eigenvalue weighted by Gasteiger charge is 2.03. The smallest absolute Gasteiger partial charge is 0.259 e. The molecule has 102 valence electrons. The standard InChI is InChI=1S/C15H14N2O2S/c16-11-2-1-3-12(10-11)19-8-7-17-6-4-14-13(15(17)18)5-9-20-14/h1-6,9-10H,7-8,16H2. The Balaban J connectivity index is 1.71. The first kappa shape index (κ1) is 12.7. The van der Waals surface area contributed by atoms with Crippen LogP contribution in [0.15, 0.2) is 52.8 Å². The number of nitrogens with two attached hydrogens (primary N) is 1. The Morgan fingerprint density at radius 1 is 1.25 bits per heavy atom. The van der Waals surface area contributed by atoms with Crippen LogP contribution in [0, 0.1) is 0 Å². The summed E-state index contributed by atoms with van der Waals surface area (Å²) in [6.45, 7) is 0.943. The van der Waals surface area contributed by atoms with E-state index >= 15 is 0 Å². The molecule has 0 radical (unpaired) electrons. The number of anilines is 1. The normalized spacial score (nSPS) is 10.8. The van der Waals surface area contributed by atoms with E-state index in [-0.39, 0.29) is 5.56 Å². The molecule has 0 saturated carbocycles. The maximum Gasteiger partial charge on any atom is 0.259 e. The molecule has 0 aliphatic carbocycles. The molecule has 0 atom stereocenters. The van der Waals surface area contributed by atoms with Crippen LogP contribution in [0.4, 0.5) is 5.69 Å². The van der Waals surface area contributed by atoms with Crippen molar-refractivity contribution in [3.05, 3.63) is 58.3 Å². The number of fused-ring (bicyclic) bond motifs is 1. The van der Waals surface area contributed by atoms with E-state index in [0.717, 1.165) is 15.8 Å². The van der Waals surface area contributed by atoms with Gasteiger partial charge in [0.25, 0.3) is 5.56 Å². The largest absolute Gasteiger partial charge is 0.492 e. The average molecular weight is 286 g/mol. The summed E-state index contributed by atoms with van der Waals surface area (Å²) in [4.78, 5) is 12.2. The Bertz CT molecular complexity index is 792. The minimum absolute atomic E-state index is 0.0277. The van der Waals surface area contributed by atoms with E-state index in [9.17, 15) is 4.79 Å². The van der Waals surface area contributed by atoms with Gasteiger partial charge >= 0.3 is 0 Å². The van der Waals surface area contributed by atoms with Gasteiger partial charge in [-0.1, -0.05) is 6.07 Å². The van der Waals surface area contributed by atoms with E-state index < -0.39 is 0 Å². The molecule has 0 unspecified atom stereocenters. The summed E-state index contributed by atoms with van der Waals surface area (Å²) in [7, 11) is 0. The first-order valence-electron chi connectivity index (χ1n) is 6.29. The van der Waals surface area contributed by atoms with Gasteiger partial charge in [-0.2, -0.15) is 0 Å². The van der Waals surface area contributed by atoms with Crippen molar-refractivity contribution in [2.24, 2.45) is 0 Å². The third-order valence-electron chi connectivity index (χ3n) is 3.05. The number of hydrogen-bond donors (Lipinski definition) is 1. The monoisotopic (exact) mass is 286 g/mol. The summed E-state index contributed by atoms with van der Waals surface area (Å²) in [6.07, 6.45) is 1.81. The van der Waals surface area contributed by atoms with Crippen molar-refractivity contribution >= 4 is 27.1 Å². The molecule has 3 aromatic rings. The number of aromatic nitrogens is 1. The van der Waals surface area contributed by atoms with Gasteiger partial charge in [-0.15, -0.1) is 11.3 Å². The van der Waals surface area contributed by atoms with E-state index in [4.69, 9.17) is 10.5 Å². The van der Waals surface area contributed by atoms with E-state index in [1.54, 1.807) is 22.0 Å². The second kappa shape index (κ2) is 5.38. The van der Waals surface area contributed by atoms with Crippen LogP contribution < -0.4 is 16.0 Å². The summed E-state index contributed by atoms with van der Waals surface area (Å²) in [5, 5.41) is 2.70. The summed E-state index contributed by atoms with van der Waals surface area (Å²) in [6, 6.07) is 11.1. The molecule has 0 bridgehead atoms. The van der Waals surface area contributed by atoms with E-state index in [2.05, 4.69) is 0 Å². The lowest BCUT2D eigenvalue weighted by Gasteiger charge is -2.08. The van der Waals surface area contributed by atoms with Crippen molar-refractivity contribution in [2.45, 2.75) is 6.54 Å². The predicted octanol–water partition coefficient (Wildman–Crippen LogP) is 2.72. The summed E-state index contributed by atoms with van der Waals surface area (Å²) < 4.78 is 8.29. The van der Waals surface area contributed by atoms with Gasteiger partial charge in [-0.3, -0.25) is 4.79 Å². The fourth-order valence-electron chi connectivity index (χ4n) is 2.05. The summed E-state index contributed by atoms with van der Waals surface area (Å²) in [5.74, 6) is 0.717. The molecule has 0 saturated heterocycles. The third-order valence-corrected chi connectivity index (χ3v) is 3.93. The molecule has 0 fully saturated rings. The maximum atomic E-state index is 12.2. The minimum atomic E-state index is 0.0277. The van der Waals surface area contributed by atoms with Crippen LogP contribution in [0.2, 0.25) is 0 Å². The number of thiophene rings is 1. The lowest BCUT2D eigenvalue weighted by Crippen LogP contribution is -2.22. The predicted molar refractivity (Wildman–Crippen MR) is 82.4 cm³/mol. The molecule has 0 aliphatic heterocycles. The average Bonchev–Trinajstić information content (AvgIpc) is 2.91. The Kier molecular flexibility index (Phi) is 3.43. The molecule has 2 aromatic heterocycles. The van der Waals surface area contributed by atoms with Crippen LogP contribution in [0.25, 0.3) is 10.1 Å². The zero-order valence-electron chi connectivity index (χ0n) is 10.8. The topological polar surface area (TPSA) is 57.2 Å². The summed E-state index contributed by atoms with van der Waals surface area (Å²) >= 11 is 1.57. The van der Waals surface area contributed by atoms with Crippen LogP contribution in [-0.2, 0) is 6.54 Å². The number of pyridine rings is 1. The van der Waals surface area contributed by atoms with Gasteiger partial charge in [-0.05, 0) is 29.6 Å². The number of hydrogen-bond acceptors (Lipinski definition) is 4. The van der Waals surface area contributed by atoms with Crippen molar-refractivity contribution in [1.29, 1.82) is 0 Å². The molecule has 1 aromatic carbocycles. The van der Waals surface area contributed by atoms with Crippen molar-refractivity contribution in [2.75, 3.05) is 12.3 Å². The zero-order chi connectivity index (χ0) is 13.9. The van der Waals surface area contributed by atoms with E-state index in [1.165, 1.54) is 0 Å². The molecule has 2 N–H and O–H groups in total. The van der Waals surface area contributed by atoms with E-state index in [0.29, 0.717) is 18.8 Å². The SMILES string of the molecule is Nc1cccc(OCCn2ccc3sccc3c2=O)c1. The molecule has 0 amide bonds. The fourth-order valence-corrected chi connectivity index (χ4v) is 2.82. The van der Waals surface area contributed by atoms with Crippen LogP contribution >= 0.6 is 11.3 Å². The van der Waals surface area contributed by atoms with Gasteiger partial charge in [-0.25, -0.2) is 0 Å². The maximum absolute atomic E-state index is 12.2. The number of ether oxygens (including phenoxy) is 1. The molecule has 4 nitrogen and oxygen atoms in total. The van der Waals surface area contributed by atoms with E-state index in [1.807, 2.05) is 41.9 Å². The second-order valence-corrected chi connectivity index (χ2v) is 5.38. The number of rotatable bonds is 4. The van der Waals surface area contributed by atoms with Crippen LogP contribution in [0.5, 0.6) is 5.75 Å².